The quantitative estimate of drug-likeness (QED) is 0.0204. The molecule has 12 aliphatic rings. The molecule has 0 spiro atoms. The van der Waals surface area contributed by atoms with Crippen LogP contribution in [-0.4, -0.2) is 154 Å². The molecular weight excluding hydrogens is 1650 g/mol. The van der Waals surface area contributed by atoms with Gasteiger partial charge in [0.2, 0.25) is 0 Å². The van der Waals surface area contributed by atoms with Crippen molar-refractivity contribution in [2.75, 3.05) is 67.8 Å². The average molecular weight is 1800 g/mol. The van der Waals surface area contributed by atoms with Crippen molar-refractivity contribution < 1.29 is 177 Å². The van der Waals surface area contributed by atoms with E-state index in [2.05, 4.69) is 56.9 Å². The number of aliphatic hydroxyl groups is 3. The molecule has 6 aromatic rings. The van der Waals surface area contributed by atoms with Crippen molar-refractivity contribution in [3.8, 4) is 17.2 Å². The third kappa shape index (κ3) is 19.5. The number of Topliss-reactive ketones (excluding diaryl/α,β-unsaturated/α-hetero) is 3. The monoisotopic (exact) mass is 1790 g/mol. The topological polar surface area (TPSA) is 281 Å². The van der Waals surface area contributed by atoms with Gasteiger partial charge >= 0.3 is 103 Å². The molecule has 0 unspecified atom stereocenters. The van der Waals surface area contributed by atoms with Crippen molar-refractivity contribution in [1.82, 2.24) is 29.8 Å². The number of aromatic nitrogens is 6. The van der Waals surface area contributed by atoms with E-state index >= 15 is 0 Å². The minimum Gasteiger partial charge on any atom is -1.00 e. The fourth-order valence-corrected chi connectivity index (χ4v) is 29.8. The Morgan fingerprint density at radius 3 is 1.29 bits per heavy atom. The number of halogens is 1. The second-order valence-electron chi connectivity index (χ2n) is 40.0. The molecule has 12 aliphatic carbocycles. The maximum Gasteiger partial charge on any atom is 1.00 e. The molecule has 0 amide bonds. The first-order valence-corrected chi connectivity index (χ1v) is 45.1. The van der Waals surface area contributed by atoms with Crippen molar-refractivity contribution in [3.63, 3.8) is 0 Å². The molecule has 12 fully saturated rings. The number of fused-ring (bicyclic) bond motifs is 18. The van der Waals surface area contributed by atoms with Gasteiger partial charge in [0.1, 0.15) is 29.6 Å². The summed E-state index contributed by atoms with van der Waals surface area (Å²) in [4.78, 5) is 51.5. The number of alkyl halides is 1. The third-order valence-electron chi connectivity index (χ3n) is 34.5. The number of carbonyl (C=O) groups is 4. The van der Waals surface area contributed by atoms with Crippen LogP contribution in [0.15, 0.2) is 73.2 Å². The number of carbonyl (C=O) groups excluding carboxylic acids is 4. The summed E-state index contributed by atoms with van der Waals surface area (Å²) in [6, 6.07) is 17.6. The van der Waals surface area contributed by atoms with E-state index in [1.165, 1.54) is 70.6 Å². The van der Waals surface area contributed by atoms with Crippen LogP contribution < -0.4 is 122 Å². The first-order valence-electron chi connectivity index (χ1n) is 44.0. The van der Waals surface area contributed by atoms with E-state index in [9.17, 15) is 29.7 Å². The third-order valence-corrected chi connectivity index (χ3v) is 35.0. The van der Waals surface area contributed by atoms with Gasteiger partial charge in [0, 0.05) is 45.3 Å². The zero-order chi connectivity index (χ0) is 82.5. The Morgan fingerprint density at radius 2 is 0.884 bits per heavy atom. The molecule has 0 saturated heterocycles. The normalized spacial score (nSPS) is 37.9. The van der Waals surface area contributed by atoms with Crippen LogP contribution >= 0.6 is 15.9 Å². The van der Waals surface area contributed by atoms with Gasteiger partial charge < -0.3 is 55.3 Å². The number of methoxy groups -OCH3 is 6. The van der Waals surface area contributed by atoms with Gasteiger partial charge in [-0.15, -0.1) is 0 Å². The van der Waals surface area contributed by atoms with Crippen LogP contribution in [0.25, 0.3) is 32.7 Å². The van der Waals surface area contributed by atoms with Crippen LogP contribution in [0.3, 0.4) is 0 Å². The van der Waals surface area contributed by atoms with E-state index in [1.54, 1.807) is 27.5 Å². The predicted molar refractivity (Wildman–Crippen MR) is 469 cm³/mol. The van der Waals surface area contributed by atoms with Crippen LogP contribution in [0.5, 0.6) is 17.2 Å². The first-order chi connectivity index (χ1) is 55.5. The van der Waals surface area contributed by atoms with Gasteiger partial charge in [-0.05, 0) is 334 Å². The second kappa shape index (κ2) is 41.7. The average Bonchev–Trinajstić information content (AvgIpc) is 1.47. The summed E-state index contributed by atoms with van der Waals surface area (Å²) < 4.78 is 37.5. The van der Waals surface area contributed by atoms with Crippen molar-refractivity contribution in [3.05, 3.63) is 73.2 Å². The molecule has 3 aromatic heterocycles. The van der Waals surface area contributed by atoms with Crippen LogP contribution in [-0.2, 0) is 51.4 Å². The fraction of sp³-hybridized carbons (Fsp3) is 0.742. The molecule has 24 atom stereocenters. The molecule has 18 rings (SSSR count). The Bertz CT molecular complexity index is 4430. The fourth-order valence-electron chi connectivity index (χ4n) is 29.4. The number of benzene rings is 3. The maximum atomic E-state index is 13.9. The van der Waals surface area contributed by atoms with Gasteiger partial charge in [-0.2, -0.15) is 15.3 Å². The van der Waals surface area contributed by atoms with E-state index < -0.39 is 16.8 Å². The summed E-state index contributed by atoms with van der Waals surface area (Å²) in [5.41, 5.74) is 2.24. The van der Waals surface area contributed by atoms with Crippen molar-refractivity contribution >= 4 is 72.5 Å². The zero-order valence-corrected chi connectivity index (χ0v) is 81.2. The molecular formula is C97H147BrK2N6O15. The summed E-state index contributed by atoms with van der Waals surface area (Å²) in [5, 5.41) is 60.4. The molecule has 24 heteroatoms. The van der Waals surface area contributed by atoms with E-state index in [4.69, 9.17) is 43.6 Å². The largest absolute Gasteiger partial charge is 1.00 e. The Kier molecular flexibility index (Phi) is 35.2. The predicted octanol–water partition coefficient (Wildman–Crippen LogP) is 12.3. The number of ketones is 3. The van der Waals surface area contributed by atoms with Crippen molar-refractivity contribution in [2.24, 2.45) is 121 Å². The molecule has 121 heavy (non-hydrogen) atoms. The molecule has 0 radical (unpaired) electrons. The van der Waals surface area contributed by atoms with Crippen molar-refractivity contribution in [1.29, 1.82) is 0 Å². The molecule has 12 saturated carbocycles. The number of rotatable bonds is 18. The molecule has 664 valence electrons. The van der Waals surface area contributed by atoms with Gasteiger partial charge in [0.25, 0.3) is 6.47 Å². The van der Waals surface area contributed by atoms with Gasteiger partial charge in [-0.25, -0.2) is 0 Å². The number of nitrogens with one attached hydrogen (secondary N) is 1. The van der Waals surface area contributed by atoms with Crippen LogP contribution in [0.1, 0.15) is 239 Å². The molecule has 0 bridgehead atoms. The van der Waals surface area contributed by atoms with E-state index in [0.717, 1.165) is 178 Å². The maximum absolute atomic E-state index is 13.9. The van der Waals surface area contributed by atoms with E-state index in [-0.39, 0.29) is 183 Å². The first kappa shape index (κ1) is 102. The summed E-state index contributed by atoms with van der Waals surface area (Å²) >= 11 is 3.43. The molecule has 4 N–H and O–H groups in total. The molecule has 3 aromatic carbocycles. The number of aromatic amines is 1. The zero-order valence-electron chi connectivity index (χ0n) is 74.4. The van der Waals surface area contributed by atoms with Crippen LogP contribution in [0.2, 0.25) is 0 Å². The van der Waals surface area contributed by atoms with Gasteiger partial charge in [0.15, 0.2) is 11.6 Å². The summed E-state index contributed by atoms with van der Waals surface area (Å²) in [5.74, 6) is 11.7. The van der Waals surface area contributed by atoms with Crippen LogP contribution in [0, 0.1) is 121 Å². The Labute approximate surface area is 817 Å². The van der Waals surface area contributed by atoms with Gasteiger partial charge in [-0.3, -0.25) is 33.6 Å². The van der Waals surface area contributed by atoms with E-state index in [1.807, 2.05) is 118 Å². The minimum absolute atomic E-state index is 0. The SMILES string of the molecule is C.C.C.COC[C@]12CC[C@@](C)(O)C[C@@H]1CC[C@H]1[C@@H]3CC[C@H](C(=O)CBr)[C@@]3(C)CC[C@@H]12.COC[C@]12CC[C@@](C)(O)C[C@@H]1CC[C@H]1[C@@H]3CC[C@H](C(=O)Cn4cc5c(OC)cccc5n4)[C@@]3(C)CC[C@@H]12.COC[C@]12CC[C@@](C)(O)C[C@@H]1CC[C@H]1[C@@H]3CC[C@H](C(=O)Cn4ncc5c(OC)cccc54)[C@@]3(C)CC[C@@H]12.COc1cccc2[nH]ncc12.O=CO[O-].[H-].[K+].[K+]. The Morgan fingerprint density at radius 1 is 0.496 bits per heavy atom. The Hall–Kier alpha value is -2.58. The standard InChI is InChI=1S/2C31H44N2O4.C23H37BrO3.C8H8N2O.CH2O3.3CH4.2K.H/c1-29(35)14-15-31(19-36-3)20(16-29)8-9-21-23-10-11-25(30(23,2)13-12-24(21)31)27(34)18-33-17-22-26(32-33)6-5-7-28(22)37-4;1-29(35)14-15-31(19-36-3)20(16-29)8-9-21-23-10-11-25(30(23,2)13-12-24(21)31)27(34)18-33-26-6-5-7-28(37-4)22(26)17-32-33;1-21(26)10-11-23(14-27-3)15(12-21)4-5-16-17-6-7-19(20(25)13-24)22(17,2)9-8-18(16)23;1-11-8-4-2-3-7-6(8)5-9-10-7;2-1-4-3;;;;;;/h2*5-7,17,20-21,23-25,35H,8-16,18-19H2,1-4H3;15-19,26H,4-14H2,1-3H3;2-5H,1H3,(H,9,10);1,3H;3*1H4;;;/q;;;;;;;;2*+1;-1/p-1/t2*20-,21-,23-,24-,25+,29+,30-,31+;15-,16-,17-,18-,19+,21+,22-,23+;;;;;;;;/m000......../s1. The Balaban J connectivity index is 0.000000206. The van der Waals surface area contributed by atoms with Gasteiger partial charge in [0.05, 0.1) is 115 Å². The van der Waals surface area contributed by atoms with E-state index in [0.29, 0.717) is 101 Å². The molecule has 21 nitrogen and oxygen atoms in total. The summed E-state index contributed by atoms with van der Waals surface area (Å²) in [6.45, 7) is 16.3. The number of nitrogens with zero attached hydrogens (tertiary/aromatic N) is 5. The van der Waals surface area contributed by atoms with Gasteiger partial charge in [-0.1, -0.05) is 77.2 Å². The van der Waals surface area contributed by atoms with Crippen molar-refractivity contribution in [2.45, 2.75) is 267 Å². The molecule has 0 aliphatic heterocycles. The summed E-state index contributed by atoms with van der Waals surface area (Å²) in [7, 11) is 10.6. The second-order valence-corrected chi connectivity index (χ2v) is 40.6. The number of H-pyrrole nitrogens is 1. The minimum atomic E-state index is -0.538. The summed E-state index contributed by atoms with van der Waals surface area (Å²) in [6.07, 6.45) is 35.3. The number of hydrogen-bond donors (Lipinski definition) is 4. The van der Waals surface area contributed by atoms with Crippen LogP contribution in [0.4, 0.5) is 0 Å². The molecule has 3 heterocycles. The number of hydrogen-bond acceptors (Lipinski definition) is 18. The number of ether oxygens (including phenoxy) is 6. The smallest absolute Gasteiger partial charge is 1.00 e.